The van der Waals surface area contributed by atoms with Crippen LogP contribution in [0.15, 0.2) is 16.4 Å². The third-order valence-electron chi connectivity index (χ3n) is 2.79. The van der Waals surface area contributed by atoms with Gasteiger partial charge in [-0.1, -0.05) is 0 Å². The summed E-state index contributed by atoms with van der Waals surface area (Å²) in [6.45, 7) is 5.06. The largest absolute Gasteiger partial charge is 0.314 e. The number of nitrogens with one attached hydrogen (secondary N) is 1. The molecule has 0 aliphatic carbocycles. The molecule has 1 N–H and O–H groups in total. The van der Waals surface area contributed by atoms with Gasteiger partial charge in [0.25, 0.3) is 0 Å². The average Bonchev–Trinajstić information content (AvgIpc) is 2.78. The maximum Gasteiger partial charge on any atom is 0.126 e. The molecule has 1 fully saturated rings. The van der Waals surface area contributed by atoms with E-state index in [1.54, 1.807) is 11.3 Å². The average molecular weight is 222 g/mol. The molecule has 80 valence electrons. The van der Waals surface area contributed by atoms with Gasteiger partial charge < -0.3 is 5.32 Å². The first-order chi connectivity index (χ1) is 7.45. The highest BCUT2D eigenvalue weighted by Crippen LogP contribution is 2.30. The number of piperazine rings is 1. The summed E-state index contributed by atoms with van der Waals surface area (Å²) in [5, 5.41) is 11.5. The molecule has 0 atom stereocenters. The van der Waals surface area contributed by atoms with Crippen molar-refractivity contribution < 1.29 is 0 Å². The molecule has 0 radical (unpaired) electrons. The minimum Gasteiger partial charge on any atom is -0.314 e. The second-order valence-corrected chi connectivity index (χ2v) is 4.63. The third kappa shape index (κ3) is 1.67. The van der Waals surface area contributed by atoms with Crippen molar-refractivity contribution in [1.82, 2.24) is 10.3 Å². The molecule has 3 heterocycles. The number of anilines is 1. The number of rotatable bonds is 1. The predicted octanol–water partition coefficient (Wildman–Crippen LogP) is 0.765. The van der Waals surface area contributed by atoms with Crippen molar-refractivity contribution in [3.63, 3.8) is 0 Å². The van der Waals surface area contributed by atoms with Gasteiger partial charge >= 0.3 is 0 Å². The van der Waals surface area contributed by atoms with Crippen LogP contribution in [0.3, 0.4) is 0 Å². The predicted molar refractivity (Wildman–Crippen MR) is 63.7 cm³/mol. The molecule has 5 heteroatoms. The molecule has 1 saturated heterocycles. The number of nitrogens with zero attached hydrogens (tertiary/aromatic N) is 3. The number of hydrogen-bond donors (Lipinski definition) is 1. The van der Waals surface area contributed by atoms with Crippen molar-refractivity contribution in [2.24, 2.45) is 4.99 Å². The lowest BCUT2D eigenvalue weighted by atomic mass is 10.3. The Hall–Kier alpha value is -0.910. The quantitative estimate of drug-likeness (QED) is 0.761. The van der Waals surface area contributed by atoms with E-state index in [1.165, 1.54) is 10.6 Å². The summed E-state index contributed by atoms with van der Waals surface area (Å²) >= 11 is 1.80. The van der Waals surface area contributed by atoms with Crippen molar-refractivity contribution in [2.45, 2.75) is 0 Å². The first-order valence-electron chi connectivity index (χ1n) is 5.25. The van der Waals surface area contributed by atoms with E-state index in [-0.39, 0.29) is 0 Å². The Bertz CT molecular complexity index is 367. The van der Waals surface area contributed by atoms with Crippen LogP contribution in [0.2, 0.25) is 0 Å². The first kappa shape index (κ1) is 9.33. The number of fused-ring (bicyclic) bond motifs is 1. The zero-order valence-electron chi connectivity index (χ0n) is 8.52. The summed E-state index contributed by atoms with van der Waals surface area (Å²) < 4.78 is 0. The molecule has 4 nitrogen and oxygen atoms in total. The van der Waals surface area contributed by atoms with Gasteiger partial charge in [-0.05, 0) is 11.4 Å². The van der Waals surface area contributed by atoms with Crippen LogP contribution in [0.4, 0.5) is 5.00 Å². The summed E-state index contributed by atoms with van der Waals surface area (Å²) in [5.41, 5.74) is 1.25. The van der Waals surface area contributed by atoms with Crippen molar-refractivity contribution >= 4 is 22.6 Å². The second kappa shape index (κ2) is 3.92. The number of aliphatic imine (C=N–C) groups is 1. The van der Waals surface area contributed by atoms with Gasteiger partial charge in [-0.2, -0.15) is 0 Å². The van der Waals surface area contributed by atoms with Crippen LogP contribution >= 0.6 is 11.3 Å². The summed E-state index contributed by atoms with van der Waals surface area (Å²) in [7, 11) is 0. The monoisotopic (exact) mass is 222 g/mol. The maximum absolute atomic E-state index is 4.39. The van der Waals surface area contributed by atoms with E-state index in [0.29, 0.717) is 0 Å². The lowest BCUT2D eigenvalue weighted by molar-refractivity contribution is 0.221. The van der Waals surface area contributed by atoms with Gasteiger partial charge in [0.15, 0.2) is 0 Å². The zero-order valence-corrected chi connectivity index (χ0v) is 9.33. The summed E-state index contributed by atoms with van der Waals surface area (Å²) in [6.07, 6.45) is 1.98. The summed E-state index contributed by atoms with van der Waals surface area (Å²) in [5.74, 6) is 0. The highest BCUT2D eigenvalue weighted by atomic mass is 32.1. The molecule has 15 heavy (non-hydrogen) atoms. The van der Waals surface area contributed by atoms with Gasteiger partial charge in [0.05, 0.1) is 0 Å². The molecule has 2 aliphatic heterocycles. The highest BCUT2D eigenvalue weighted by molar-refractivity contribution is 7.14. The van der Waals surface area contributed by atoms with Gasteiger partial charge in [0.1, 0.15) is 11.7 Å². The third-order valence-corrected chi connectivity index (χ3v) is 3.73. The van der Waals surface area contributed by atoms with E-state index in [1.807, 2.05) is 6.21 Å². The number of hydrazine groups is 1. The normalized spacial score (nSPS) is 21.7. The van der Waals surface area contributed by atoms with Crippen molar-refractivity contribution in [3.05, 3.63) is 17.0 Å². The van der Waals surface area contributed by atoms with Crippen molar-refractivity contribution in [3.8, 4) is 0 Å². The molecule has 0 aromatic carbocycles. The Labute approximate surface area is 93.2 Å². The van der Waals surface area contributed by atoms with E-state index in [9.17, 15) is 0 Å². The molecule has 1 aromatic rings. The molecule has 1 aromatic heterocycles. The zero-order chi connectivity index (χ0) is 10.1. The van der Waals surface area contributed by atoms with Crippen LogP contribution in [0, 0.1) is 0 Å². The van der Waals surface area contributed by atoms with Crippen molar-refractivity contribution in [1.29, 1.82) is 0 Å². The summed E-state index contributed by atoms with van der Waals surface area (Å²) in [4.78, 5) is 4.39. The standard InChI is InChI=1S/C10H14N4S/c1-6-15-10-9(1)7-12-8-14(10)13-4-2-11-3-5-13/h1,6-7,11H,2-5,8H2. The molecule has 0 saturated carbocycles. The van der Waals surface area contributed by atoms with Crippen LogP contribution in [-0.4, -0.2) is 44.1 Å². The fraction of sp³-hybridized carbons (Fsp3) is 0.500. The SMILES string of the molecule is C1=NCN(N2CCNCC2)c2sccc21. The minimum atomic E-state index is 0.771. The van der Waals surface area contributed by atoms with Crippen LogP contribution in [0.5, 0.6) is 0 Å². The van der Waals surface area contributed by atoms with Gasteiger partial charge in [-0.3, -0.25) is 10.0 Å². The lowest BCUT2D eigenvalue weighted by Gasteiger charge is -2.38. The molecule has 3 rings (SSSR count). The Morgan fingerprint density at radius 3 is 3.07 bits per heavy atom. The Morgan fingerprint density at radius 1 is 1.33 bits per heavy atom. The fourth-order valence-electron chi connectivity index (χ4n) is 2.01. The summed E-state index contributed by atoms with van der Waals surface area (Å²) in [6, 6.07) is 2.14. The minimum absolute atomic E-state index is 0.771. The van der Waals surface area contributed by atoms with Gasteiger partial charge in [-0.15, -0.1) is 11.3 Å². The Morgan fingerprint density at radius 2 is 2.20 bits per heavy atom. The van der Waals surface area contributed by atoms with Gasteiger partial charge in [-0.25, -0.2) is 5.01 Å². The smallest absolute Gasteiger partial charge is 0.126 e. The fourth-order valence-corrected chi connectivity index (χ4v) is 2.91. The van der Waals surface area contributed by atoms with Gasteiger partial charge in [0, 0.05) is 38.0 Å². The molecule has 0 spiro atoms. The molecule has 2 aliphatic rings. The Balaban J connectivity index is 1.85. The highest BCUT2D eigenvalue weighted by Gasteiger charge is 2.22. The topological polar surface area (TPSA) is 30.9 Å². The Kier molecular flexibility index (Phi) is 2.44. The molecular formula is C10H14N4S. The van der Waals surface area contributed by atoms with E-state index >= 15 is 0 Å². The van der Waals surface area contributed by atoms with Gasteiger partial charge in [0.2, 0.25) is 0 Å². The van der Waals surface area contributed by atoms with E-state index in [0.717, 1.165) is 32.8 Å². The first-order valence-corrected chi connectivity index (χ1v) is 6.13. The van der Waals surface area contributed by atoms with Crippen LogP contribution in [0.25, 0.3) is 0 Å². The van der Waals surface area contributed by atoms with Crippen molar-refractivity contribution in [2.75, 3.05) is 37.9 Å². The van der Waals surface area contributed by atoms with Crippen LogP contribution < -0.4 is 10.3 Å². The second-order valence-electron chi connectivity index (χ2n) is 3.74. The molecule has 0 amide bonds. The van der Waals surface area contributed by atoms with Crippen LogP contribution in [0.1, 0.15) is 5.56 Å². The van der Waals surface area contributed by atoms with E-state index in [2.05, 4.69) is 31.8 Å². The molecular weight excluding hydrogens is 208 g/mol. The molecule has 0 bridgehead atoms. The van der Waals surface area contributed by atoms with E-state index in [4.69, 9.17) is 0 Å². The maximum atomic E-state index is 4.39. The van der Waals surface area contributed by atoms with E-state index < -0.39 is 0 Å². The number of thiophene rings is 1. The van der Waals surface area contributed by atoms with Crippen LogP contribution in [-0.2, 0) is 0 Å². The molecule has 0 unspecified atom stereocenters. The number of hydrogen-bond acceptors (Lipinski definition) is 5. The lowest BCUT2D eigenvalue weighted by Crippen LogP contribution is -2.53.